The first-order chi connectivity index (χ1) is 14.5. The first kappa shape index (κ1) is 21.2. The van der Waals surface area contributed by atoms with Crippen molar-refractivity contribution in [3.05, 3.63) is 78.3 Å². The van der Waals surface area contributed by atoms with Gasteiger partial charge in [0.25, 0.3) is 5.91 Å². The lowest BCUT2D eigenvalue weighted by molar-refractivity contribution is -0.113. The fourth-order valence-corrected chi connectivity index (χ4v) is 3.27. The number of nitrogens with one attached hydrogen (secondary N) is 2. The van der Waals surface area contributed by atoms with E-state index in [0.717, 1.165) is 4.90 Å². The van der Waals surface area contributed by atoms with Crippen LogP contribution in [-0.2, 0) is 9.53 Å². The van der Waals surface area contributed by atoms with Gasteiger partial charge in [-0.3, -0.25) is 9.59 Å². The average Bonchev–Trinajstić information content (AvgIpc) is 3.28. The van der Waals surface area contributed by atoms with E-state index in [0.29, 0.717) is 23.5 Å². The van der Waals surface area contributed by atoms with Crippen LogP contribution < -0.4 is 10.6 Å². The Morgan fingerprint density at radius 1 is 0.967 bits per heavy atom. The fraction of sp³-hybridized carbons (Fsp3) is 0.136. The average molecular weight is 424 g/mol. The molecular weight excluding hydrogens is 404 g/mol. The molecule has 7 nitrogen and oxygen atoms in total. The van der Waals surface area contributed by atoms with Crippen LogP contribution in [0.1, 0.15) is 27.8 Å². The third-order valence-corrected chi connectivity index (χ3v) is 4.88. The summed E-state index contributed by atoms with van der Waals surface area (Å²) in [6, 6.07) is 16.9. The molecule has 0 aliphatic carbocycles. The maximum atomic E-state index is 12.2. The standard InChI is InChI=1S/C22H20N2O5S/c1-2-28-22(27)15-8-10-16(11-9-15)23-20(25)14-30-18-6-3-5-17(13-18)24-21(26)19-7-4-12-29-19/h3-13H,2,14H2,1H3,(H,23,25)(H,24,26). The van der Waals surface area contributed by atoms with Gasteiger partial charge in [0, 0.05) is 16.3 Å². The molecule has 0 saturated carbocycles. The summed E-state index contributed by atoms with van der Waals surface area (Å²) in [5.74, 6) is -0.513. The van der Waals surface area contributed by atoms with Gasteiger partial charge in [0.05, 0.1) is 24.2 Å². The van der Waals surface area contributed by atoms with E-state index in [4.69, 9.17) is 9.15 Å². The second-order valence-electron chi connectivity index (χ2n) is 6.09. The number of benzene rings is 2. The number of thioether (sulfide) groups is 1. The van der Waals surface area contributed by atoms with Crippen molar-refractivity contribution in [1.29, 1.82) is 0 Å². The van der Waals surface area contributed by atoms with Crippen molar-refractivity contribution < 1.29 is 23.5 Å². The summed E-state index contributed by atoms with van der Waals surface area (Å²) in [7, 11) is 0. The van der Waals surface area contributed by atoms with Crippen molar-refractivity contribution in [3.63, 3.8) is 0 Å². The summed E-state index contributed by atoms with van der Waals surface area (Å²) in [6.45, 7) is 2.05. The van der Waals surface area contributed by atoms with Crippen LogP contribution in [0.5, 0.6) is 0 Å². The molecule has 1 aromatic heterocycles. The molecule has 0 spiro atoms. The second kappa shape index (κ2) is 10.3. The molecule has 3 aromatic rings. The fourth-order valence-electron chi connectivity index (χ4n) is 2.51. The number of anilines is 2. The minimum atomic E-state index is -0.398. The van der Waals surface area contributed by atoms with E-state index in [1.807, 2.05) is 6.07 Å². The van der Waals surface area contributed by atoms with Crippen molar-refractivity contribution in [2.24, 2.45) is 0 Å². The Bertz CT molecular complexity index is 1020. The predicted molar refractivity (Wildman–Crippen MR) is 115 cm³/mol. The van der Waals surface area contributed by atoms with Crippen LogP contribution in [-0.4, -0.2) is 30.1 Å². The van der Waals surface area contributed by atoms with Gasteiger partial charge >= 0.3 is 5.97 Å². The number of ether oxygens (including phenoxy) is 1. The Morgan fingerprint density at radius 3 is 2.47 bits per heavy atom. The van der Waals surface area contributed by atoms with Crippen LogP contribution >= 0.6 is 11.8 Å². The largest absolute Gasteiger partial charge is 0.462 e. The molecule has 3 rings (SSSR count). The number of amides is 2. The Kier molecular flexibility index (Phi) is 7.29. The van der Waals surface area contributed by atoms with Gasteiger partial charge < -0.3 is 19.8 Å². The number of rotatable bonds is 8. The molecule has 0 unspecified atom stereocenters. The van der Waals surface area contributed by atoms with E-state index in [9.17, 15) is 14.4 Å². The quantitative estimate of drug-likeness (QED) is 0.410. The number of carbonyl (C=O) groups excluding carboxylic acids is 3. The summed E-state index contributed by atoms with van der Waals surface area (Å²) < 4.78 is 10.00. The Balaban J connectivity index is 1.51. The molecule has 2 amide bonds. The lowest BCUT2D eigenvalue weighted by Crippen LogP contribution is -2.14. The molecule has 0 atom stereocenters. The van der Waals surface area contributed by atoms with Gasteiger partial charge in [0.2, 0.25) is 5.91 Å². The van der Waals surface area contributed by atoms with Gasteiger partial charge in [-0.15, -0.1) is 11.8 Å². The maximum absolute atomic E-state index is 12.2. The van der Waals surface area contributed by atoms with Gasteiger partial charge in [-0.1, -0.05) is 6.07 Å². The van der Waals surface area contributed by atoms with E-state index >= 15 is 0 Å². The van der Waals surface area contributed by atoms with E-state index < -0.39 is 5.97 Å². The minimum Gasteiger partial charge on any atom is -0.462 e. The van der Waals surface area contributed by atoms with Crippen molar-refractivity contribution in [2.75, 3.05) is 23.0 Å². The van der Waals surface area contributed by atoms with Crippen LogP contribution in [0.3, 0.4) is 0 Å². The van der Waals surface area contributed by atoms with Crippen LogP contribution in [0.25, 0.3) is 0 Å². The van der Waals surface area contributed by atoms with Gasteiger partial charge in [-0.05, 0) is 61.5 Å². The first-order valence-corrected chi connectivity index (χ1v) is 10.2. The SMILES string of the molecule is CCOC(=O)c1ccc(NC(=O)CSc2cccc(NC(=O)c3ccco3)c2)cc1. The van der Waals surface area contributed by atoms with Crippen LogP contribution in [0, 0.1) is 0 Å². The van der Waals surface area contributed by atoms with Gasteiger partial charge in [-0.25, -0.2) is 4.79 Å². The summed E-state index contributed by atoms with van der Waals surface area (Å²) in [5.41, 5.74) is 1.63. The molecule has 0 saturated heterocycles. The molecule has 0 radical (unpaired) electrons. The zero-order valence-electron chi connectivity index (χ0n) is 16.2. The topological polar surface area (TPSA) is 97.6 Å². The highest BCUT2D eigenvalue weighted by Crippen LogP contribution is 2.22. The Labute approximate surface area is 177 Å². The van der Waals surface area contributed by atoms with Crippen molar-refractivity contribution in [1.82, 2.24) is 0 Å². The Hall–Kier alpha value is -3.52. The molecule has 0 aliphatic rings. The van der Waals surface area contributed by atoms with Gasteiger partial charge in [0.1, 0.15) is 0 Å². The third-order valence-electron chi connectivity index (χ3n) is 3.89. The summed E-state index contributed by atoms with van der Waals surface area (Å²) in [5, 5.41) is 5.53. The van der Waals surface area contributed by atoms with Crippen LogP contribution in [0.4, 0.5) is 11.4 Å². The molecule has 0 aliphatic heterocycles. The molecule has 2 aromatic carbocycles. The van der Waals surface area contributed by atoms with E-state index in [1.54, 1.807) is 61.5 Å². The third kappa shape index (κ3) is 5.99. The molecule has 1 heterocycles. The zero-order chi connectivity index (χ0) is 21.3. The van der Waals surface area contributed by atoms with Gasteiger partial charge in [0.15, 0.2) is 5.76 Å². The predicted octanol–water partition coefficient (Wildman–Crippen LogP) is 4.44. The van der Waals surface area contributed by atoms with Crippen LogP contribution in [0.15, 0.2) is 76.2 Å². The molecule has 0 fully saturated rings. The van der Waals surface area contributed by atoms with Crippen molar-refractivity contribution >= 4 is 40.9 Å². The minimum absolute atomic E-state index is 0.186. The molecule has 2 N–H and O–H groups in total. The number of esters is 1. The highest BCUT2D eigenvalue weighted by atomic mass is 32.2. The monoisotopic (exact) mass is 424 g/mol. The lowest BCUT2D eigenvalue weighted by atomic mass is 10.2. The Morgan fingerprint density at radius 2 is 1.77 bits per heavy atom. The van der Waals surface area contributed by atoms with Crippen molar-refractivity contribution in [3.8, 4) is 0 Å². The number of carbonyl (C=O) groups is 3. The smallest absolute Gasteiger partial charge is 0.338 e. The molecule has 8 heteroatoms. The molecule has 30 heavy (non-hydrogen) atoms. The zero-order valence-corrected chi connectivity index (χ0v) is 17.0. The van der Waals surface area contributed by atoms with E-state index in [-0.39, 0.29) is 23.3 Å². The summed E-state index contributed by atoms with van der Waals surface area (Å²) in [6.07, 6.45) is 1.43. The summed E-state index contributed by atoms with van der Waals surface area (Å²) in [4.78, 5) is 36.8. The molecule has 154 valence electrons. The number of hydrogen-bond acceptors (Lipinski definition) is 6. The highest BCUT2D eigenvalue weighted by Gasteiger charge is 2.10. The normalized spacial score (nSPS) is 10.3. The van der Waals surface area contributed by atoms with E-state index in [2.05, 4.69) is 10.6 Å². The number of hydrogen-bond donors (Lipinski definition) is 2. The van der Waals surface area contributed by atoms with E-state index in [1.165, 1.54) is 18.0 Å². The second-order valence-corrected chi connectivity index (χ2v) is 7.14. The number of furan rings is 1. The lowest BCUT2D eigenvalue weighted by Gasteiger charge is -2.08. The first-order valence-electron chi connectivity index (χ1n) is 9.20. The molecular formula is C22H20N2O5S. The highest BCUT2D eigenvalue weighted by molar-refractivity contribution is 8.00. The van der Waals surface area contributed by atoms with Gasteiger partial charge in [-0.2, -0.15) is 0 Å². The van der Waals surface area contributed by atoms with Crippen LogP contribution in [0.2, 0.25) is 0 Å². The maximum Gasteiger partial charge on any atom is 0.338 e. The summed E-state index contributed by atoms with van der Waals surface area (Å²) >= 11 is 1.34. The van der Waals surface area contributed by atoms with Crippen molar-refractivity contribution in [2.45, 2.75) is 11.8 Å². The molecule has 0 bridgehead atoms.